The van der Waals surface area contributed by atoms with Crippen molar-refractivity contribution in [3.05, 3.63) is 24.0 Å². The summed E-state index contributed by atoms with van der Waals surface area (Å²) in [4.78, 5) is 0. The highest BCUT2D eigenvalue weighted by Gasteiger charge is 2.43. The SMILES string of the molecule is FC(F)C1(c2cccnn2)CCCCC1. The molecule has 0 aromatic carbocycles. The predicted molar refractivity (Wildman–Crippen MR) is 52.8 cm³/mol. The molecule has 0 radical (unpaired) electrons. The summed E-state index contributed by atoms with van der Waals surface area (Å²) >= 11 is 0. The summed E-state index contributed by atoms with van der Waals surface area (Å²) in [6, 6.07) is 3.35. The first-order valence-corrected chi connectivity index (χ1v) is 5.32. The standard InChI is InChI=1S/C11H14F2N2/c12-10(13)11(6-2-1-3-7-11)9-5-4-8-14-15-9/h4-5,8,10H,1-3,6-7H2. The van der Waals surface area contributed by atoms with Crippen molar-refractivity contribution in [1.29, 1.82) is 0 Å². The molecule has 1 heterocycles. The lowest BCUT2D eigenvalue weighted by Gasteiger charge is -2.35. The zero-order chi connectivity index (χ0) is 10.7. The first-order chi connectivity index (χ1) is 7.26. The Morgan fingerprint density at radius 2 is 1.93 bits per heavy atom. The van der Waals surface area contributed by atoms with Crippen molar-refractivity contribution in [3.8, 4) is 0 Å². The molecule has 0 unspecified atom stereocenters. The van der Waals surface area contributed by atoms with Crippen LogP contribution in [0.1, 0.15) is 37.8 Å². The van der Waals surface area contributed by atoms with Crippen molar-refractivity contribution < 1.29 is 8.78 Å². The third-order valence-corrected chi connectivity index (χ3v) is 3.25. The fourth-order valence-electron chi connectivity index (χ4n) is 2.34. The van der Waals surface area contributed by atoms with Crippen LogP contribution in [0.25, 0.3) is 0 Å². The van der Waals surface area contributed by atoms with Gasteiger partial charge in [0.1, 0.15) is 0 Å². The molecule has 1 aromatic rings. The zero-order valence-electron chi connectivity index (χ0n) is 8.50. The van der Waals surface area contributed by atoms with Crippen molar-refractivity contribution in [3.63, 3.8) is 0 Å². The fraction of sp³-hybridized carbons (Fsp3) is 0.636. The second-order valence-electron chi connectivity index (χ2n) is 4.13. The number of hydrogen-bond acceptors (Lipinski definition) is 2. The molecule has 1 saturated carbocycles. The molecule has 0 aliphatic heterocycles. The van der Waals surface area contributed by atoms with Crippen LogP contribution in [0.15, 0.2) is 18.3 Å². The van der Waals surface area contributed by atoms with E-state index < -0.39 is 11.8 Å². The maximum atomic E-state index is 13.2. The third kappa shape index (κ3) is 1.85. The van der Waals surface area contributed by atoms with Gasteiger partial charge in [0.15, 0.2) is 0 Å². The maximum absolute atomic E-state index is 13.2. The van der Waals surface area contributed by atoms with E-state index in [0.717, 1.165) is 19.3 Å². The van der Waals surface area contributed by atoms with Crippen molar-refractivity contribution in [2.24, 2.45) is 0 Å². The highest BCUT2D eigenvalue weighted by atomic mass is 19.3. The van der Waals surface area contributed by atoms with Crippen LogP contribution in [-0.4, -0.2) is 16.6 Å². The molecule has 15 heavy (non-hydrogen) atoms. The Morgan fingerprint density at radius 1 is 1.20 bits per heavy atom. The van der Waals surface area contributed by atoms with Crippen molar-refractivity contribution in [2.75, 3.05) is 0 Å². The Labute approximate surface area is 87.7 Å². The van der Waals surface area contributed by atoms with Gasteiger partial charge in [-0.25, -0.2) is 8.78 Å². The lowest BCUT2D eigenvalue weighted by Crippen LogP contribution is -2.37. The zero-order valence-corrected chi connectivity index (χ0v) is 8.50. The molecule has 1 aliphatic carbocycles. The van der Waals surface area contributed by atoms with Crippen LogP contribution in [0.5, 0.6) is 0 Å². The molecule has 0 spiro atoms. The normalized spacial score (nSPS) is 20.5. The minimum Gasteiger partial charge on any atom is -0.209 e. The van der Waals surface area contributed by atoms with Gasteiger partial charge in [-0.05, 0) is 25.0 Å². The number of halogens is 2. The van der Waals surface area contributed by atoms with Gasteiger partial charge in [0.2, 0.25) is 6.43 Å². The number of hydrogen-bond donors (Lipinski definition) is 0. The first-order valence-electron chi connectivity index (χ1n) is 5.32. The van der Waals surface area contributed by atoms with Gasteiger partial charge in [-0.15, -0.1) is 0 Å². The Morgan fingerprint density at radius 3 is 2.47 bits per heavy atom. The smallest absolute Gasteiger partial charge is 0.209 e. The molecule has 1 aromatic heterocycles. The van der Waals surface area contributed by atoms with E-state index in [-0.39, 0.29) is 0 Å². The van der Waals surface area contributed by atoms with Crippen molar-refractivity contribution in [1.82, 2.24) is 10.2 Å². The van der Waals surface area contributed by atoms with Crippen LogP contribution in [0, 0.1) is 0 Å². The molecule has 1 aliphatic rings. The topological polar surface area (TPSA) is 25.8 Å². The molecule has 1 fully saturated rings. The molecule has 0 amide bonds. The van der Waals surface area contributed by atoms with Gasteiger partial charge in [0.05, 0.1) is 11.1 Å². The van der Waals surface area contributed by atoms with E-state index in [2.05, 4.69) is 10.2 Å². The summed E-state index contributed by atoms with van der Waals surface area (Å²) in [5, 5.41) is 7.57. The molecule has 0 atom stereocenters. The van der Waals surface area contributed by atoms with Crippen LogP contribution in [-0.2, 0) is 5.41 Å². The van der Waals surface area contributed by atoms with Crippen LogP contribution >= 0.6 is 0 Å². The van der Waals surface area contributed by atoms with Gasteiger partial charge in [0, 0.05) is 6.20 Å². The second kappa shape index (κ2) is 4.21. The van der Waals surface area contributed by atoms with Crippen molar-refractivity contribution >= 4 is 0 Å². The molecular weight excluding hydrogens is 198 g/mol. The summed E-state index contributed by atoms with van der Waals surface area (Å²) < 4.78 is 26.4. The summed E-state index contributed by atoms with van der Waals surface area (Å²) in [5.74, 6) is 0. The van der Waals surface area contributed by atoms with Gasteiger partial charge in [-0.1, -0.05) is 19.3 Å². The molecule has 2 rings (SSSR count). The molecule has 4 heteroatoms. The average molecular weight is 212 g/mol. The number of alkyl halides is 2. The molecule has 0 saturated heterocycles. The van der Waals surface area contributed by atoms with E-state index >= 15 is 0 Å². The largest absolute Gasteiger partial charge is 0.249 e. The first kappa shape index (κ1) is 10.5. The Balaban J connectivity index is 2.34. The number of rotatable bonds is 2. The van der Waals surface area contributed by atoms with Gasteiger partial charge in [-0.3, -0.25) is 0 Å². The van der Waals surface area contributed by atoms with Crippen molar-refractivity contribution in [2.45, 2.75) is 43.9 Å². The van der Waals surface area contributed by atoms with Gasteiger partial charge >= 0.3 is 0 Å². The summed E-state index contributed by atoms with van der Waals surface area (Å²) in [6.45, 7) is 0. The summed E-state index contributed by atoms with van der Waals surface area (Å²) in [6.07, 6.45) is 3.02. The van der Waals surface area contributed by atoms with Crippen LogP contribution in [0.4, 0.5) is 8.78 Å². The van der Waals surface area contributed by atoms with Crippen LogP contribution < -0.4 is 0 Å². The summed E-state index contributed by atoms with van der Waals surface area (Å²) in [5.41, 5.74) is -0.577. The molecule has 2 nitrogen and oxygen atoms in total. The van der Waals surface area contributed by atoms with Crippen LogP contribution in [0.3, 0.4) is 0 Å². The Bertz CT molecular complexity index is 308. The lowest BCUT2D eigenvalue weighted by molar-refractivity contribution is 0.0224. The van der Waals surface area contributed by atoms with E-state index in [1.165, 1.54) is 6.20 Å². The van der Waals surface area contributed by atoms with E-state index in [1.807, 2.05) is 0 Å². The Hall–Kier alpha value is -1.06. The molecule has 0 N–H and O–H groups in total. The minimum atomic E-state index is -2.34. The van der Waals surface area contributed by atoms with Gasteiger partial charge < -0.3 is 0 Å². The monoisotopic (exact) mass is 212 g/mol. The molecular formula is C11H14F2N2. The minimum absolute atomic E-state index is 0.458. The quantitative estimate of drug-likeness (QED) is 0.753. The van der Waals surface area contributed by atoms with E-state index in [9.17, 15) is 8.78 Å². The second-order valence-corrected chi connectivity index (χ2v) is 4.13. The predicted octanol–water partition coefficient (Wildman–Crippen LogP) is 2.94. The van der Waals surface area contributed by atoms with E-state index in [4.69, 9.17) is 0 Å². The van der Waals surface area contributed by atoms with Gasteiger partial charge in [-0.2, -0.15) is 10.2 Å². The third-order valence-electron chi connectivity index (χ3n) is 3.25. The number of nitrogens with zero attached hydrogens (tertiary/aromatic N) is 2. The number of aromatic nitrogens is 2. The average Bonchev–Trinajstić information content (AvgIpc) is 2.31. The fourth-order valence-corrected chi connectivity index (χ4v) is 2.34. The molecule has 82 valence electrons. The lowest BCUT2D eigenvalue weighted by atomic mass is 9.72. The van der Waals surface area contributed by atoms with E-state index in [0.29, 0.717) is 18.5 Å². The van der Waals surface area contributed by atoms with Gasteiger partial charge in [0.25, 0.3) is 0 Å². The van der Waals surface area contributed by atoms with Crippen LogP contribution in [0.2, 0.25) is 0 Å². The molecule has 0 bridgehead atoms. The van der Waals surface area contributed by atoms with E-state index in [1.54, 1.807) is 12.1 Å². The summed E-state index contributed by atoms with van der Waals surface area (Å²) in [7, 11) is 0. The highest BCUT2D eigenvalue weighted by Crippen LogP contribution is 2.42. The maximum Gasteiger partial charge on any atom is 0.249 e. The Kier molecular flexibility index (Phi) is 2.93. The highest BCUT2D eigenvalue weighted by molar-refractivity contribution is 5.17.